The molecule has 98 valence electrons. The Morgan fingerprint density at radius 2 is 2.00 bits per heavy atom. The van der Waals surface area contributed by atoms with Gasteiger partial charge < -0.3 is 0 Å². The van der Waals surface area contributed by atoms with Crippen molar-refractivity contribution in [1.82, 2.24) is 0 Å². The van der Waals surface area contributed by atoms with E-state index < -0.39 is 0 Å². The van der Waals surface area contributed by atoms with Crippen LogP contribution in [0.25, 0.3) is 0 Å². The SMILES string of the molecule is O=C(CSC1CCCC1)Cc1cc(Cl)ccc1Cl. The predicted molar refractivity (Wildman–Crippen MR) is 79.9 cm³/mol. The number of hydrogen-bond donors (Lipinski definition) is 0. The van der Waals surface area contributed by atoms with Crippen molar-refractivity contribution in [3.05, 3.63) is 33.8 Å². The summed E-state index contributed by atoms with van der Waals surface area (Å²) in [5.74, 6) is 0.823. The molecule has 0 atom stereocenters. The molecule has 18 heavy (non-hydrogen) atoms. The molecule has 4 heteroatoms. The third-order valence-electron chi connectivity index (χ3n) is 3.18. The van der Waals surface area contributed by atoms with E-state index in [4.69, 9.17) is 23.2 Å². The highest BCUT2D eigenvalue weighted by atomic mass is 35.5. The maximum absolute atomic E-state index is 11.9. The minimum atomic E-state index is 0.232. The first-order valence-electron chi connectivity index (χ1n) is 6.22. The Kier molecular flexibility index (Phi) is 5.40. The first kappa shape index (κ1) is 14.2. The van der Waals surface area contributed by atoms with Crippen LogP contribution >= 0.6 is 35.0 Å². The Hall–Kier alpha value is -0.180. The molecule has 1 aliphatic carbocycles. The Morgan fingerprint density at radius 1 is 1.28 bits per heavy atom. The second-order valence-corrected chi connectivity index (χ2v) is 6.80. The van der Waals surface area contributed by atoms with Gasteiger partial charge in [0.2, 0.25) is 0 Å². The standard InChI is InChI=1S/C14H16Cl2OS/c15-11-5-6-14(16)10(7-11)8-12(17)9-18-13-3-1-2-4-13/h5-7,13H,1-4,8-9H2. The molecule has 0 aliphatic heterocycles. The van der Waals surface area contributed by atoms with E-state index in [1.807, 2.05) is 0 Å². The zero-order chi connectivity index (χ0) is 13.0. The summed E-state index contributed by atoms with van der Waals surface area (Å²) in [6.45, 7) is 0. The van der Waals surface area contributed by atoms with Crippen molar-refractivity contribution in [3.8, 4) is 0 Å². The largest absolute Gasteiger partial charge is 0.298 e. The van der Waals surface area contributed by atoms with Crippen molar-refractivity contribution >= 4 is 40.7 Å². The van der Waals surface area contributed by atoms with Crippen LogP contribution in [-0.2, 0) is 11.2 Å². The first-order chi connectivity index (χ1) is 8.65. The van der Waals surface area contributed by atoms with Gasteiger partial charge in [0.15, 0.2) is 0 Å². The summed E-state index contributed by atoms with van der Waals surface area (Å²) >= 11 is 13.8. The average Bonchev–Trinajstić information content (AvgIpc) is 2.84. The van der Waals surface area contributed by atoms with E-state index in [1.54, 1.807) is 30.0 Å². The van der Waals surface area contributed by atoms with E-state index in [2.05, 4.69) is 0 Å². The molecule has 1 aromatic rings. The van der Waals surface area contributed by atoms with E-state index in [0.29, 0.717) is 27.5 Å². The summed E-state index contributed by atoms with van der Waals surface area (Å²) < 4.78 is 0. The van der Waals surface area contributed by atoms with E-state index >= 15 is 0 Å². The molecule has 1 aromatic carbocycles. The molecule has 2 rings (SSSR count). The zero-order valence-electron chi connectivity index (χ0n) is 10.1. The van der Waals surface area contributed by atoms with Crippen LogP contribution in [0.1, 0.15) is 31.2 Å². The summed E-state index contributed by atoms with van der Waals surface area (Å²) in [5, 5.41) is 1.94. The Balaban J connectivity index is 1.84. The van der Waals surface area contributed by atoms with Gasteiger partial charge in [0.25, 0.3) is 0 Å². The number of thioether (sulfide) groups is 1. The topological polar surface area (TPSA) is 17.1 Å². The van der Waals surface area contributed by atoms with Gasteiger partial charge in [0.05, 0.1) is 5.75 Å². The van der Waals surface area contributed by atoms with Crippen molar-refractivity contribution < 1.29 is 4.79 Å². The summed E-state index contributed by atoms with van der Waals surface area (Å²) in [4.78, 5) is 11.9. The maximum atomic E-state index is 11.9. The zero-order valence-corrected chi connectivity index (χ0v) is 12.5. The minimum absolute atomic E-state index is 0.232. The summed E-state index contributed by atoms with van der Waals surface area (Å²) in [7, 11) is 0. The Labute approximate surface area is 122 Å². The molecule has 0 bridgehead atoms. The van der Waals surface area contributed by atoms with Gasteiger partial charge in [0.1, 0.15) is 5.78 Å². The van der Waals surface area contributed by atoms with Crippen molar-refractivity contribution in [2.45, 2.75) is 37.4 Å². The third-order valence-corrected chi connectivity index (χ3v) is 5.21. The predicted octanol–water partition coefficient (Wildman–Crippen LogP) is 4.78. The Bertz CT molecular complexity index is 428. The van der Waals surface area contributed by atoms with E-state index in [0.717, 1.165) is 5.56 Å². The van der Waals surface area contributed by atoms with Crippen molar-refractivity contribution in [2.75, 3.05) is 5.75 Å². The molecular weight excluding hydrogens is 287 g/mol. The second kappa shape index (κ2) is 6.83. The fraction of sp³-hybridized carbons (Fsp3) is 0.500. The normalized spacial score (nSPS) is 16.1. The number of rotatable bonds is 5. The lowest BCUT2D eigenvalue weighted by molar-refractivity contribution is -0.116. The molecule has 0 unspecified atom stereocenters. The number of Topliss-reactive ketones (excluding diaryl/α,β-unsaturated/α-hetero) is 1. The van der Waals surface area contributed by atoms with E-state index in [-0.39, 0.29) is 5.78 Å². The van der Waals surface area contributed by atoms with Crippen molar-refractivity contribution in [2.24, 2.45) is 0 Å². The summed E-state index contributed by atoms with van der Waals surface area (Å²) in [6.07, 6.45) is 5.53. The van der Waals surface area contributed by atoms with Crippen LogP contribution in [0.4, 0.5) is 0 Å². The lowest BCUT2D eigenvalue weighted by atomic mass is 10.1. The fourth-order valence-corrected chi connectivity index (χ4v) is 3.78. The van der Waals surface area contributed by atoms with Crippen LogP contribution in [0.15, 0.2) is 18.2 Å². The quantitative estimate of drug-likeness (QED) is 0.778. The van der Waals surface area contributed by atoms with E-state index in [9.17, 15) is 4.79 Å². The monoisotopic (exact) mass is 302 g/mol. The lowest BCUT2D eigenvalue weighted by Crippen LogP contribution is -2.09. The Morgan fingerprint density at radius 3 is 2.72 bits per heavy atom. The number of ketones is 1. The molecule has 0 spiro atoms. The molecule has 1 nitrogen and oxygen atoms in total. The van der Waals surface area contributed by atoms with Crippen LogP contribution in [0.3, 0.4) is 0 Å². The molecule has 0 heterocycles. The third kappa shape index (κ3) is 4.18. The molecule has 0 saturated heterocycles. The highest BCUT2D eigenvalue weighted by Crippen LogP contribution is 2.29. The highest BCUT2D eigenvalue weighted by molar-refractivity contribution is 8.00. The molecule has 1 fully saturated rings. The number of halogens is 2. The smallest absolute Gasteiger partial charge is 0.147 e. The lowest BCUT2D eigenvalue weighted by Gasteiger charge is -2.08. The first-order valence-corrected chi connectivity index (χ1v) is 8.03. The van der Waals surface area contributed by atoms with Crippen molar-refractivity contribution in [1.29, 1.82) is 0 Å². The molecular formula is C14H16Cl2OS. The maximum Gasteiger partial charge on any atom is 0.147 e. The van der Waals surface area contributed by atoms with Crippen LogP contribution in [-0.4, -0.2) is 16.8 Å². The number of benzene rings is 1. The minimum Gasteiger partial charge on any atom is -0.298 e. The average molecular weight is 303 g/mol. The summed E-state index contributed by atoms with van der Waals surface area (Å²) in [6, 6.07) is 5.27. The van der Waals surface area contributed by atoms with Gasteiger partial charge in [-0.2, -0.15) is 11.8 Å². The van der Waals surface area contributed by atoms with Gasteiger partial charge in [-0.15, -0.1) is 0 Å². The molecule has 0 radical (unpaired) electrons. The van der Waals surface area contributed by atoms with Gasteiger partial charge in [-0.05, 0) is 36.6 Å². The molecule has 0 aromatic heterocycles. The number of hydrogen-bond acceptors (Lipinski definition) is 2. The van der Waals surface area contributed by atoms with Crippen LogP contribution in [0.5, 0.6) is 0 Å². The number of carbonyl (C=O) groups is 1. The number of carbonyl (C=O) groups excluding carboxylic acids is 1. The molecule has 0 N–H and O–H groups in total. The summed E-state index contributed by atoms with van der Waals surface area (Å²) in [5.41, 5.74) is 0.834. The van der Waals surface area contributed by atoms with Gasteiger partial charge in [-0.3, -0.25) is 4.79 Å². The fourth-order valence-electron chi connectivity index (χ4n) is 2.21. The van der Waals surface area contributed by atoms with E-state index in [1.165, 1.54) is 25.7 Å². The highest BCUT2D eigenvalue weighted by Gasteiger charge is 2.17. The molecule has 1 saturated carbocycles. The molecule has 1 aliphatic rings. The van der Waals surface area contributed by atoms with Gasteiger partial charge in [-0.25, -0.2) is 0 Å². The van der Waals surface area contributed by atoms with Gasteiger partial charge in [-0.1, -0.05) is 36.0 Å². The van der Waals surface area contributed by atoms with Crippen LogP contribution in [0.2, 0.25) is 10.0 Å². The van der Waals surface area contributed by atoms with Crippen LogP contribution < -0.4 is 0 Å². The van der Waals surface area contributed by atoms with Gasteiger partial charge >= 0.3 is 0 Å². The second-order valence-electron chi connectivity index (χ2n) is 4.67. The molecule has 0 amide bonds. The van der Waals surface area contributed by atoms with Crippen molar-refractivity contribution in [3.63, 3.8) is 0 Å². The van der Waals surface area contributed by atoms with Crippen LogP contribution in [0, 0.1) is 0 Å². The van der Waals surface area contributed by atoms with Gasteiger partial charge in [0, 0.05) is 21.7 Å².